The number of aryl methyl sites for hydroxylation is 1. The van der Waals surface area contributed by atoms with Gasteiger partial charge in [-0.05, 0) is 31.5 Å². The molecule has 1 fully saturated rings. The zero-order valence-electron chi connectivity index (χ0n) is 12.5. The Kier molecular flexibility index (Phi) is 3.38. The first-order valence-electron chi connectivity index (χ1n) is 7.65. The molecule has 0 N–H and O–H groups in total. The van der Waals surface area contributed by atoms with Crippen LogP contribution in [0.1, 0.15) is 36.4 Å². The van der Waals surface area contributed by atoms with Crippen molar-refractivity contribution >= 4 is 11.1 Å². The predicted octanol–water partition coefficient (Wildman–Crippen LogP) is 2.90. The Morgan fingerprint density at radius 1 is 1.27 bits per heavy atom. The smallest absolute Gasteiger partial charge is 0.223 e. The monoisotopic (exact) mass is 298 g/mol. The summed E-state index contributed by atoms with van der Waals surface area (Å²) in [5.41, 5.74) is 1.80. The number of oxazole rings is 1. The Balaban J connectivity index is 1.50. The standard InChI is InChI=1S/C16H18N4O2/c1-11-17-15(19-22-11)10-20-8-4-5-12(9-20)16-18-13-6-2-3-7-14(13)21-16/h2-3,6-7,12H,4-5,8-10H2,1H3. The molecule has 1 saturated heterocycles. The highest BCUT2D eigenvalue weighted by atomic mass is 16.5. The maximum absolute atomic E-state index is 5.92. The molecule has 0 radical (unpaired) electrons. The predicted molar refractivity (Wildman–Crippen MR) is 80.3 cm³/mol. The molecule has 0 spiro atoms. The molecule has 0 bridgehead atoms. The molecule has 1 aliphatic heterocycles. The average molecular weight is 298 g/mol. The highest BCUT2D eigenvalue weighted by Gasteiger charge is 2.26. The number of piperidine rings is 1. The number of benzene rings is 1. The van der Waals surface area contributed by atoms with Gasteiger partial charge in [-0.2, -0.15) is 4.98 Å². The lowest BCUT2D eigenvalue weighted by molar-refractivity contribution is 0.181. The van der Waals surface area contributed by atoms with Gasteiger partial charge in [0.05, 0.1) is 6.54 Å². The minimum absolute atomic E-state index is 0.328. The van der Waals surface area contributed by atoms with Gasteiger partial charge in [-0.25, -0.2) is 4.98 Å². The summed E-state index contributed by atoms with van der Waals surface area (Å²) >= 11 is 0. The van der Waals surface area contributed by atoms with Crippen molar-refractivity contribution in [3.05, 3.63) is 41.9 Å². The van der Waals surface area contributed by atoms with Gasteiger partial charge in [0.2, 0.25) is 5.89 Å². The highest BCUT2D eigenvalue weighted by molar-refractivity contribution is 5.72. The molecule has 22 heavy (non-hydrogen) atoms. The summed E-state index contributed by atoms with van der Waals surface area (Å²) in [6, 6.07) is 7.92. The second-order valence-electron chi connectivity index (χ2n) is 5.82. The Labute approximate surface area is 128 Å². The summed E-state index contributed by atoms with van der Waals surface area (Å²) in [6.45, 7) is 4.49. The molecule has 0 amide bonds. The van der Waals surface area contributed by atoms with E-state index in [0.29, 0.717) is 18.4 Å². The number of nitrogens with zero attached hydrogens (tertiary/aromatic N) is 4. The summed E-state index contributed by atoms with van der Waals surface area (Å²) in [5, 5.41) is 3.98. The van der Waals surface area contributed by atoms with Gasteiger partial charge in [-0.15, -0.1) is 0 Å². The van der Waals surface area contributed by atoms with Gasteiger partial charge in [-0.3, -0.25) is 4.90 Å². The first-order chi connectivity index (χ1) is 10.8. The van der Waals surface area contributed by atoms with Crippen LogP contribution in [-0.2, 0) is 6.54 Å². The number of likely N-dealkylation sites (tertiary alicyclic amines) is 1. The zero-order chi connectivity index (χ0) is 14.9. The Morgan fingerprint density at radius 2 is 2.18 bits per heavy atom. The Morgan fingerprint density at radius 3 is 3.00 bits per heavy atom. The summed E-state index contributed by atoms with van der Waals surface area (Å²) < 4.78 is 11.0. The molecule has 1 aliphatic rings. The van der Waals surface area contributed by atoms with Crippen molar-refractivity contribution in [1.82, 2.24) is 20.0 Å². The number of para-hydroxylation sites is 2. The van der Waals surface area contributed by atoms with Crippen LogP contribution >= 0.6 is 0 Å². The lowest BCUT2D eigenvalue weighted by Crippen LogP contribution is -2.34. The molecule has 2 aromatic heterocycles. The molecule has 6 nitrogen and oxygen atoms in total. The molecular weight excluding hydrogens is 280 g/mol. The van der Waals surface area contributed by atoms with E-state index in [0.717, 1.165) is 48.7 Å². The minimum atomic E-state index is 0.328. The second-order valence-corrected chi connectivity index (χ2v) is 5.82. The first-order valence-corrected chi connectivity index (χ1v) is 7.65. The maximum Gasteiger partial charge on any atom is 0.223 e. The molecule has 0 aliphatic carbocycles. The van der Waals surface area contributed by atoms with Crippen molar-refractivity contribution in [2.75, 3.05) is 13.1 Å². The second kappa shape index (κ2) is 5.53. The molecule has 114 valence electrons. The van der Waals surface area contributed by atoms with E-state index in [2.05, 4.69) is 20.0 Å². The molecule has 1 atom stereocenters. The largest absolute Gasteiger partial charge is 0.440 e. The van der Waals surface area contributed by atoms with Gasteiger partial charge in [0, 0.05) is 19.4 Å². The molecule has 3 aromatic rings. The normalized spacial score (nSPS) is 19.8. The third kappa shape index (κ3) is 2.62. The summed E-state index contributed by atoms with van der Waals surface area (Å²) in [6.07, 6.45) is 2.23. The lowest BCUT2D eigenvalue weighted by atomic mass is 9.98. The lowest BCUT2D eigenvalue weighted by Gasteiger charge is -2.30. The molecule has 1 unspecified atom stereocenters. The van der Waals surface area contributed by atoms with E-state index < -0.39 is 0 Å². The number of rotatable bonds is 3. The third-order valence-electron chi connectivity index (χ3n) is 4.10. The van der Waals surface area contributed by atoms with Gasteiger partial charge in [-0.1, -0.05) is 17.3 Å². The molecular formula is C16H18N4O2. The van der Waals surface area contributed by atoms with Crippen molar-refractivity contribution in [3.8, 4) is 0 Å². The van der Waals surface area contributed by atoms with E-state index in [1.165, 1.54) is 0 Å². The van der Waals surface area contributed by atoms with Crippen molar-refractivity contribution < 1.29 is 8.94 Å². The summed E-state index contributed by atoms with van der Waals surface area (Å²) in [4.78, 5) is 11.3. The Hall–Kier alpha value is -2.21. The topological polar surface area (TPSA) is 68.2 Å². The van der Waals surface area contributed by atoms with E-state index >= 15 is 0 Å². The van der Waals surface area contributed by atoms with Crippen LogP contribution in [0.2, 0.25) is 0 Å². The van der Waals surface area contributed by atoms with Crippen LogP contribution in [0.25, 0.3) is 11.1 Å². The van der Waals surface area contributed by atoms with E-state index in [-0.39, 0.29) is 0 Å². The average Bonchev–Trinajstić information content (AvgIpc) is 3.13. The van der Waals surface area contributed by atoms with Gasteiger partial charge < -0.3 is 8.94 Å². The SMILES string of the molecule is Cc1nc(CN2CCCC(c3nc4ccccc4o3)C2)no1. The van der Waals surface area contributed by atoms with Crippen LogP contribution in [0.5, 0.6) is 0 Å². The zero-order valence-corrected chi connectivity index (χ0v) is 12.5. The van der Waals surface area contributed by atoms with Crippen LogP contribution in [-0.4, -0.2) is 33.1 Å². The van der Waals surface area contributed by atoms with Crippen LogP contribution in [0.3, 0.4) is 0 Å². The molecule has 1 aromatic carbocycles. The first kappa shape index (κ1) is 13.5. The van der Waals surface area contributed by atoms with Crippen LogP contribution in [0, 0.1) is 6.92 Å². The van der Waals surface area contributed by atoms with E-state index in [4.69, 9.17) is 8.94 Å². The maximum atomic E-state index is 5.92. The Bertz CT molecular complexity index is 746. The van der Waals surface area contributed by atoms with Gasteiger partial charge in [0.1, 0.15) is 5.52 Å². The summed E-state index contributed by atoms with van der Waals surface area (Å²) in [5.74, 6) is 2.53. The molecule has 4 rings (SSSR count). The number of fused-ring (bicyclic) bond motifs is 1. The van der Waals surface area contributed by atoms with E-state index in [1.54, 1.807) is 0 Å². The fourth-order valence-electron chi connectivity index (χ4n) is 3.07. The van der Waals surface area contributed by atoms with Crippen molar-refractivity contribution in [3.63, 3.8) is 0 Å². The van der Waals surface area contributed by atoms with E-state index in [9.17, 15) is 0 Å². The van der Waals surface area contributed by atoms with Crippen LogP contribution in [0.15, 0.2) is 33.2 Å². The number of aromatic nitrogens is 3. The fourth-order valence-corrected chi connectivity index (χ4v) is 3.07. The summed E-state index contributed by atoms with van der Waals surface area (Å²) in [7, 11) is 0. The van der Waals surface area contributed by atoms with Crippen LogP contribution < -0.4 is 0 Å². The fraction of sp³-hybridized carbons (Fsp3) is 0.438. The number of hydrogen-bond acceptors (Lipinski definition) is 6. The molecule has 6 heteroatoms. The van der Waals surface area contributed by atoms with Gasteiger partial charge in [0.25, 0.3) is 0 Å². The van der Waals surface area contributed by atoms with Gasteiger partial charge in [0.15, 0.2) is 17.3 Å². The van der Waals surface area contributed by atoms with Crippen molar-refractivity contribution in [1.29, 1.82) is 0 Å². The molecule has 0 saturated carbocycles. The minimum Gasteiger partial charge on any atom is -0.440 e. The highest BCUT2D eigenvalue weighted by Crippen LogP contribution is 2.29. The van der Waals surface area contributed by atoms with Gasteiger partial charge >= 0.3 is 0 Å². The van der Waals surface area contributed by atoms with Crippen molar-refractivity contribution in [2.24, 2.45) is 0 Å². The quantitative estimate of drug-likeness (QED) is 0.740. The molecule has 3 heterocycles. The van der Waals surface area contributed by atoms with Crippen molar-refractivity contribution in [2.45, 2.75) is 32.2 Å². The number of hydrogen-bond donors (Lipinski definition) is 0. The van der Waals surface area contributed by atoms with Crippen LogP contribution in [0.4, 0.5) is 0 Å². The third-order valence-corrected chi connectivity index (χ3v) is 4.10. The van der Waals surface area contributed by atoms with E-state index in [1.807, 2.05) is 31.2 Å².